The molecule has 0 bridgehead atoms. The van der Waals surface area contributed by atoms with Crippen LogP contribution in [0.5, 0.6) is 0 Å². The third kappa shape index (κ3) is 5.01. The summed E-state index contributed by atoms with van der Waals surface area (Å²) in [6.07, 6.45) is 1.96. The predicted octanol–water partition coefficient (Wildman–Crippen LogP) is 2.27. The first-order chi connectivity index (χ1) is 9.38. The van der Waals surface area contributed by atoms with E-state index in [1.165, 1.54) is 0 Å². The van der Waals surface area contributed by atoms with Crippen LogP contribution in [0.25, 0.3) is 0 Å². The van der Waals surface area contributed by atoms with Gasteiger partial charge in [-0.1, -0.05) is 13.3 Å². The van der Waals surface area contributed by atoms with E-state index in [0.717, 1.165) is 25.0 Å². The third-order valence-corrected chi connectivity index (χ3v) is 4.94. The molecule has 0 unspecified atom stereocenters. The van der Waals surface area contributed by atoms with Gasteiger partial charge in [0, 0.05) is 17.6 Å². The molecule has 0 aliphatic heterocycles. The first-order valence-corrected chi connectivity index (χ1v) is 8.48. The molecule has 20 heavy (non-hydrogen) atoms. The number of benzene rings is 1. The lowest BCUT2D eigenvalue weighted by atomic mass is 10.3. The van der Waals surface area contributed by atoms with Gasteiger partial charge >= 0.3 is 0 Å². The number of anilines is 1. The molecule has 3 N–H and O–H groups in total. The maximum atomic E-state index is 13.2. The fraction of sp³-hybridized carbons (Fsp3) is 0.500. The summed E-state index contributed by atoms with van der Waals surface area (Å²) in [7, 11) is -3.75. The van der Waals surface area contributed by atoms with Crippen LogP contribution in [0.3, 0.4) is 0 Å². The average molecular weight is 369 g/mol. The Labute approximate surface area is 126 Å². The topological polar surface area (TPSA) is 81.4 Å². The Balaban J connectivity index is 2.63. The molecule has 1 aromatic rings. The number of hydrogen-bond acceptors (Lipinski definition) is 4. The van der Waals surface area contributed by atoms with E-state index in [0.29, 0.717) is 6.61 Å². The second kappa shape index (κ2) is 7.92. The first-order valence-electron chi connectivity index (χ1n) is 6.20. The molecule has 0 aliphatic rings. The molecule has 0 aromatic heterocycles. The molecule has 0 saturated carbocycles. The van der Waals surface area contributed by atoms with Crippen molar-refractivity contribution in [3.05, 3.63) is 22.4 Å². The second-order valence-corrected chi connectivity index (χ2v) is 6.76. The third-order valence-electron chi connectivity index (χ3n) is 2.52. The van der Waals surface area contributed by atoms with Gasteiger partial charge in [-0.15, -0.1) is 0 Å². The number of rotatable bonds is 8. The molecule has 8 heteroatoms. The van der Waals surface area contributed by atoms with Gasteiger partial charge in [-0.3, -0.25) is 0 Å². The van der Waals surface area contributed by atoms with E-state index in [1.54, 1.807) is 0 Å². The van der Waals surface area contributed by atoms with Gasteiger partial charge in [0.05, 0.1) is 17.2 Å². The van der Waals surface area contributed by atoms with E-state index in [1.807, 2.05) is 6.92 Å². The van der Waals surface area contributed by atoms with Crippen molar-refractivity contribution in [1.82, 2.24) is 4.72 Å². The molecule has 0 atom stereocenters. The molecule has 0 spiro atoms. The predicted molar refractivity (Wildman–Crippen MR) is 79.4 cm³/mol. The van der Waals surface area contributed by atoms with Crippen molar-refractivity contribution in [2.75, 3.05) is 25.5 Å². The minimum Gasteiger partial charge on any atom is -0.396 e. The smallest absolute Gasteiger partial charge is 0.241 e. The van der Waals surface area contributed by atoms with E-state index < -0.39 is 15.8 Å². The molecule has 0 heterocycles. The van der Waals surface area contributed by atoms with Gasteiger partial charge in [0.25, 0.3) is 0 Å². The Morgan fingerprint density at radius 1 is 1.40 bits per heavy atom. The summed E-state index contributed by atoms with van der Waals surface area (Å²) < 4.78 is 45.0. The van der Waals surface area contributed by atoms with Crippen LogP contribution in [0.4, 0.5) is 10.1 Å². The van der Waals surface area contributed by atoms with Crippen LogP contribution in [-0.4, -0.2) is 28.2 Å². The van der Waals surface area contributed by atoms with Crippen molar-refractivity contribution in [1.29, 1.82) is 0 Å². The average Bonchev–Trinajstić information content (AvgIpc) is 2.37. The van der Waals surface area contributed by atoms with Gasteiger partial charge in [0.1, 0.15) is 5.82 Å². The Morgan fingerprint density at radius 3 is 2.75 bits per heavy atom. The fourth-order valence-electron chi connectivity index (χ4n) is 1.43. The van der Waals surface area contributed by atoms with Crippen LogP contribution in [0.1, 0.15) is 19.8 Å². The van der Waals surface area contributed by atoms with Gasteiger partial charge in [-0.2, -0.15) is 0 Å². The maximum Gasteiger partial charge on any atom is 0.241 e. The monoisotopic (exact) mass is 368 g/mol. The maximum absolute atomic E-state index is 13.2. The highest BCUT2D eigenvalue weighted by atomic mass is 79.9. The molecule has 0 fully saturated rings. The van der Waals surface area contributed by atoms with Gasteiger partial charge in [0.2, 0.25) is 10.0 Å². The minimum atomic E-state index is -3.75. The number of hydrogen-bond donors (Lipinski definition) is 2. The zero-order valence-electron chi connectivity index (χ0n) is 11.2. The van der Waals surface area contributed by atoms with Crippen LogP contribution in [-0.2, 0) is 14.8 Å². The van der Waals surface area contributed by atoms with Crippen LogP contribution >= 0.6 is 15.9 Å². The van der Waals surface area contributed by atoms with Crippen molar-refractivity contribution in [3.8, 4) is 0 Å². The summed E-state index contributed by atoms with van der Waals surface area (Å²) in [5, 5.41) is 0. The number of nitrogen functional groups attached to an aromatic ring is 1. The molecule has 0 aliphatic carbocycles. The van der Waals surface area contributed by atoms with Gasteiger partial charge in [-0.25, -0.2) is 17.5 Å². The van der Waals surface area contributed by atoms with E-state index in [2.05, 4.69) is 20.7 Å². The summed E-state index contributed by atoms with van der Waals surface area (Å²) in [5.41, 5.74) is 5.17. The van der Waals surface area contributed by atoms with Crippen LogP contribution in [0.15, 0.2) is 21.5 Å². The number of nitrogens with two attached hydrogens (primary N) is 1. The summed E-state index contributed by atoms with van der Waals surface area (Å²) >= 11 is 3.01. The van der Waals surface area contributed by atoms with Crippen molar-refractivity contribution >= 4 is 31.6 Å². The molecule has 114 valence electrons. The second-order valence-electron chi connectivity index (χ2n) is 4.17. The number of unbranched alkanes of at least 4 members (excludes halogenated alkanes) is 1. The van der Waals surface area contributed by atoms with Crippen LogP contribution in [0.2, 0.25) is 0 Å². The normalized spacial score (nSPS) is 11.8. The Kier molecular flexibility index (Phi) is 6.87. The largest absolute Gasteiger partial charge is 0.396 e. The molecule has 0 radical (unpaired) electrons. The molecule has 0 amide bonds. The van der Waals surface area contributed by atoms with Gasteiger partial charge < -0.3 is 10.5 Å². The zero-order valence-corrected chi connectivity index (χ0v) is 13.6. The number of ether oxygens (including phenoxy) is 1. The fourth-order valence-corrected chi connectivity index (χ4v) is 3.49. The molecule has 5 nitrogen and oxygen atoms in total. The Morgan fingerprint density at radius 2 is 2.10 bits per heavy atom. The quantitative estimate of drug-likeness (QED) is 0.544. The number of sulfonamides is 1. The lowest BCUT2D eigenvalue weighted by molar-refractivity contribution is 0.136. The lowest BCUT2D eigenvalue weighted by Crippen LogP contribution is -2.28. The van der Waals surface area contributed by atoms with Crippen molar-refractivity contribution in [2.24, 2.45) is 0 Å². The SMILES string of the molecule is CCCCOCCNS(=O)(=O)c1cc(N)c(F)cc1Br. The van der Waals surface area contributed by atoms with E-state index in [9.17, 15) is 12.8 Å². The summed E-state index contributed by atoms with van der Waals surface area (Å²) in [6.45, 7) is 3.08. The first kappa shape index (κ1) is 17.4. The molecular formula is C12H18BrFN2O3S. The van der Waals surface area contributed by atoms with E-state index in [-0.39, 0.29) is 28.2 Å². The minimum absolute atomic E-state index is 0.0926. The van der Waals surface area contributed by atoms with Gasteiger partial charge in [-0.05, 0) is 34.5 Å². The van der Waals surface area contributed by atoms with E-state index in [4.69, 9.17) is 10.5 Å². The van der Waals surface area contributed by atoms with Crippen LogP contribution < -0.4 is 10.5 Å². The van der Waals surface area contributed by atoms with Crippen molar-refractivity contribution in [3.63, 3.8) is 0 Å². The molecule has 1 rings (SSSR count). The summed E-state index contributed by atoms with van der Waals surface area (Å²) in [4.78, 5) is -0.0926. The molecule has 1 aromatic carbocycles. The van der Waals surface area contributed by atoms with E-state index >= 15 is 0 Å². The molecular weight excluding hydrogens is 351 g/mol. The number of nitrogens with one attached hydrogen (secondary N) is 1. The summed E-state index contributed by atoms with van der Waals surface area (Å²) in [5.74, 6) is -0.668. The van der Waals surface area contributed by atoms with Crippen molar-refractivity contribution < 1.29 is 17.5 Å². The zero-order chi connectivity index (χ0) is 15.2. The standard InChI is InChI=1S/C12H18BrFN2O3S/c1-2-3-5-19-6-4-16-20(17,18)12-8-11(15)10(14)7-9(12)13/h7-8,16H,2-6,15H2,1H3. The van der Waals surface area contributed by atoms with Crippen molar-refractivity contribution in [2.45, 2.75) is 24.7 Å². The van der Waals surface area contributed by atoms with Gasteiger partial charge in [0.15, 0.2) is 0 Å². The lowest BCUT2D eigenvalue weighted by Gasteiger charge is -2.10. The van der Waals surface area contributed by atoms with Crippen LogP contribution in [0, 0.1) is 5.82 Å². The summed E-state index contributed by atoms with van der Waals surface area (Å²) in [6, 6.07) is 2.11. The highest BCUT2D eigenvalue weighted by molar-refractivity contribution is 9.10. The Hall–Kier alpha value is -0.700. The highest BCUT2D eigenvalue weighted by Gasteiger charge is 2.19. The molecule has 0 saturated heterocycles. The number of halogens is 2. The highest BCUT2D eigenvalue weighted by Crippen LogP contribution is 2.26. The Bertz CT molecular complexity index is 552.